The number of carbonyl (C=O) groups excluding carboxylic acids is 2. The van der Waals surface area contributed by atoms with Crippen LogP contribution in [0.3, 0.4) is 0 Å². The van der Waals surface area contributed by atoms with Gasteiger partial charge < -0.3 is 10.4 Å². The summed E-state index contributed by atoms with van der Waals surface area (Å²) in [5.41, 5.74) is 0.404. The second-order valence-electron chi connectivity index (χ2n) is 4.79. The van der Waals surface area contributed by atoms with Crippen molar-refractivity contribution in [3.8, 4) is 0 Å². The molecule has 0 atom stereocenters. The van der Waals surface area contributed by atoms with Gasteiger partial charge in [0.1, 0.15) is 11.5 Å². The molecule has 116 valence electrons. The summed E-state index contributed by atoms with van der Waals surface area (Å²) >= 11 is 0. The minimum absolute atomic E-state index is 0.0332. The van der Waals surface area contributed by atoms with Gasteiger partial charge in [0, 0.05) is 25.6 Å². The lowest BCUT2D eigenvalue weighted by Crippen LogP contribution is -2.34. The highest BCUT2D eigenvalue weighted by molar-refractivity contribution is 6.43. The van der Waals surface area contributed by atoms with Crippen molar-refractivity contribution in [1.82, 2.24) is 5.01 Å². The first-order valence-corrected chi connectivity index (χ1v) is 6.52. The van der Waals surface area contributed by atoms with Crippen molar-refractivity contribution in [3.05, 3.63) is 29.6 Å². The molecule has 2 rings (SSSR count). The lowest BCUT2D eigenvalue weighted by molar-refractivity contribution is -0.136. The van der Waals surface area contributed by atoms with E-state index in [0.717, 1.165) is 11.1 Å². The first-order valence-electron chi connectivity index (χ1n) is 6.52. The number of hydrazone groups is 1. The van der Waals surface area contributed by atoms with Gasteiger partial charge in [-0.3, -0.25) is 14.4 Å². The van der Waals surface area contributed by atoms with E-state index in [1.165, 1.54) is 19.2 Å². The van der Waals surface area contributed by atoms with Crippen LogP contribution in [0.4, 0.5) is 10.1 Å². The zero-order chi connectivity index (χ0) is 16.3. The molecule has 0 spiro atoms. The smallest absolute Gasteiger partial charge is 0.307 e. The molecule has 1 aromatic rings. The first kappa shape index (κ1) is 15.6. The van der Waals surface area contributed by atoms with E-state index < -0.39 is 24.1 Å². The summed E-state index contributed by atoms with van der Waals surface area (Å²) in [5, 5.41) is 16.1. The van der Waals surface area contributed by atoms with Gasteiger partial charge in [-0.25, -0.2) is 9.40 Å². The SMILES string of the molecule is CN1N=C(C(=O)Nc2ccc(CC(=O)O)c(F)c2)CCC1=O. The maximum absolute atomic E-state index is 13.7. The van der Waals surface area contributed by atoms with Crippen molar-refractivity contribution in [2.75, 3.05) is 12.4 Å². The molecule has 0 saturated heterocycles. The summed E-state index contributed by atoms with van der Waals surface area (Å²) < 4.78 is 13.7. The second kappa shape index (κ2) is 6.33. The van der Waals surface area contributed by atoms with Crippen LogP contribution < -0.4 is 5.32 Å². The number of carboxylic acid groups (broad SMARTS) is 1. The summed E-state index contributed by atoms with van der Waals surface area (Å²) in [4.78, 5) is 33.8. The Morgan fingerprint density at radius 1 is 1.41 bits per heavy atom. The van der Waals surface area contributed by atoms with E-state index in [2.05, 4.69) is 10.4 Å². The van der Waals surface area contributed by atoms with Gasteiger partial charge in [0.05, 0.1) is 6.42 Å². The van der Waals surface area contributed by atoms with Gasteiger partial charge >= 0.3 is 5.97 Å². The minimum atomic E-state index is -1.14. The molecule has 1 aliphatic heterocycles. The fraction of sp³-hybridized carbons (Fsp3) is 0.286. The zero-order valence-corrected chi connectivity index (χ0v) is 11.8. The van der Waals surface area contributed by atoms with Gasteiger partial charge in [0.25, 0.3) is 5.91 Å². The Kier molecular flexibility index (Phi) is 4.50. The molecule has 2 N–H and O–H groups in total. The van der Waals surface area contributed by atoms with Crippen LogP contribution in [0.2, 0.25) is 0 Å². The van der Waals surface area contributed by atoms with Crippen molar-refractivity contribution >= 4 is 29.2 Å². The van der Waals surface area contributed by atoms with Gasteiger partial charge in [0.2, 0.25) is 5.91 Å². The number of nitrogens with one attached hydrogen (secondary N) is 1. The lowest BCUT2D eigenvalue weighted by Gasteiger charge is -2.19. The Balaban J connectivity index is 2.09. The van der Waals surface area contributed by atoms with Crippen molar-refractivity contribution < 1.29 is 23.9 Å². The van der Waals surface area contributed by atoms with Gasteiger partial charge in [-0.05, 0) is 17.7 Å². The van der Waals surface area contributed by atoms with Crippen LogP contribution in [-0.2, 0) is 20.8 Å². The standard InChI is InChI=1S/C14H14FN3O4/c1-18-12(19)5-4-11(17-18)14(22)16-9-3-2-8(6-13(20)21)10(15)7-9/h2-3,7H,4-6H2,1H3,(H,16,22)(H,20,21). The monoisotopic (exact) mass is 307 g/mol. The molecule has 0 aliphatic carbocycles. The van der Waals surface area contributed by atoms with Crippen LogP contribution in [0, 0.1) is 5.82 Å². The number of rotatable bonds is 4. The Morgan fingerprint density at radius 3 is 2.73 bits per heavy atom. The van der Waals surface area contributed by atoms with E-state index >= 15 is 0 Å². The summed E-state index contributed by atoms with van der Waals surface area (Å²) in [6, 6.07) is 3.77. The predicted octanol–water partition coefficient (Wildman–Crippen LogP) is 0.999. The molecule has 0 fully saturated rings. The number of benzene rings is 1. The molecule has 1 aromatic carbocycles. The third kappa shape index (κ3) is 3.66. The molecule has 22 heavy (non-hydrogen) atoms. The summed E-state index contributed by atoms with van der Waals surface area (Å²) in [6.07, 6.45) is -0.0249. The third-order valence-electron chi connectivity index (χ3n) is 3.12. The number of hydrogen-bond donors (Lipinski definition) is 2. The second-order valence-corrected chi connectivity index (χ2v) is 4.79. The molecule has 0 aromatic heterocycles. The number of amides is 2. The Labute approximate surface area is 125 Å². The fourth-order valence-corrected chi connectivity index (χ4v) is 1.97. The summed E-state index contributed by atoms with van der Waals surface area (Å²) in [5.74, 6) is -2.55. The quantitative estimate of drug-likeness (QED) is 0.866. The lowest BCUT2D eigenvalue weighted by atomic mass is 10.1. The van der Waals surface area contributed by atoms with Crippen molar-refractivity contribution in [3.63, 3.8) is 0 Å². The number of carbonyl (C=O) groups is 3. The van der Waals surface area contributed by atoms with Gasteiger partial charge in [-0.15, -0.1) is 0 Å². The highest BCUT2D eigenvalue weighted by Crippen LogP contribution is 2.16. The molecule has 0 bridgehead atoms. The number of nitrogens with zero attached hydrogens (tertiary/aromatic N) is 2. The summed E-state index contributed by atoms with van der Waals surface area (Å²) in [6.45, 7) is 0. The van der Waals surface area contributed by atoms with E-state index in [-0.39, 0.29) is 35.7 Å². The van der Waals surface area contributed by atoms with Crippen LogP contribution in [0.5, 0.6) is 0 Å². The molecular formula is C14H14FN3O4. The summed E-state index contributed by atoms with van der Waals surface area (Å²) in [7, 11) is 1.45. The average Bonchev–Trinajstić information content (AvgIpc) is 2.44. The molecule has 0 radical (unpaired) electrons. The predicted molar refractivity (Wildman–Crippen MR) is 75.8 cm³/mol. The van der Waals surface area contributed by atoms with E-state index in [9.17, 15) is 18.8 Å². The highest BCUT2D eigenvalue weighted by atomic mass is 19.1. The third-order valence-corrected chi connectivity index (χ3v) is 3.12. The molecule has 7 nitrogen and oxygen atoms in total. The number of carboxylic acids is 1. The van der Waals surface area contributed by atoms with Crippen molar-refractivity contribution in [2.24, 2.45) is 5.10 Å². The van der Waals surface area contributed by atoms with E-state index in [1.54, 1.807) is 0 Å². The highest BCUT2D eigenvalue weighted by Gasteiger charge is 2.22. The van der Waals surface area contributed by atoms with Crippen LogP contribution in [0.15, 0.2) is 23.3 Å². The van der Waals surface area contributed by atoms with E-state index in [0.29, 0.717) is 0 Å². The van der Waals surface area contributed by atoms with Crippen molar-refractivity contribution in [2.45, 2.75) is 19.3 Å². The number of hydrogen-bond acceptors (Lipinski definition) is 4. The van der Waals surface area contributed by atoms with Crippen LogP contribution >= 0.6 is 0 Å². The number of anilines is 1. The fourth-order valence-electron chi connectivity index (χ4n) is 1.97. The number of halogens is 1. The molecule has 0 unspecified atom stereocenters. The first-order chi connectivity index (χ1) is 10.4. The van der Waals surface area contributed by atoms with E-state index in [1.807, 2.05) is 0 Å². The Morgan fingerprint density at radius 2 is 2.14 bits per heavy atom. The minimum Gasteiger partial charge on any atom is -0.481 e. The average molecular weight is 307 g/mol. The normalized spacial score (nSPS) is 14.5. The molecule has 8 heteroatoms. The maximum atomic E-state index is 13.7. The van der Waals surface area contributed by atoms with Crippen LogP contribution in [-0.4, -0.2) is 40.7 Å². The van der Waals surface area contributed by atoms with Gasteiger partial charge in [0.15, 0.2) is 0 Å². The van der Waals surface area contributed by atoms with Crippen LogP contribution in [0.25, 0.3) is 0 Å². The van der Waals surface area contributed by atoms with Crippen molar-refractivity contribution in [1.29, 1.82) is 0 Å². The van der Waals surface area contributed by atoms with Gasteiger partial charge in [-0.1, -0.05) is 6.07 Å². The number of aliphatic carboxylic acids is 1. The Bertz CT molecular complexity index is 672. The van der Waals surface area contributed by atoms with Crippen LogP contribution in [0.1, 0.15) is 18.4 Å². The molecule has 1 heterocycles. The zero-order valence-electron chi connectivity index (χ0n) is 11.8. The topological polar surface area (TPSA) is 99.1 Å². The van der Waals surface area contributed by atoms with Gasteiger partial charge in [-0.2, -0.15) is 5.10 Å². The Hall–Kier alpha value is -2.77. The molecule has 2 amide bonds. The maximum Gasteiger partial charge on any atom is 0.307 e. The molecular weight excluding hydrogens is 293 g/mol. The van der Waals surface area contributed by atoms with E-state index in [4.69, 9.17) is 5.11 Å². The largest absolute Gasteiger partial charge is 0.481 e. The molecule has 1 aliphatic rings. The molecule has 0 saturated carbocycles.